The van der Waals surface area contributed by atoms with Gasteiger partial charge in [-0.1, -0.05) is 6.92 Å². The van der Waals surface area contributed by atoms with Crippen LogP contribution in [0.5, 0.6) is 0 Å². The van der Waals surface area contributed by atoms with Crippen molar-refractivity contribution in [3.63, 3.8) is 0 Å². The molecule has 2 unspecified atom stereocenters. The van der Waals surface area contributed by atoms with Crippen molar-refractivity contribution in [3.8, 4) is 0 Å². The topological polar surface area (TPSA) is 74.5 Å². The van der Waals surface area contributed by atoms with Crippen LogP contribution in [0.3, 0.4) is 0 Å². The minimum atomic E-state index is -0.182. The summed E-state index contributed by atoms with van der Waals surface area (Å²) >= 11 is 0. The third-order valence-corrected chi connectivity index (χ3v) is 4.31. The lowest BCUT2D eigenvalue weighted by Crippen LogP contribution is -2.44. The molecule has 1 aliphatic rings. The van der Waals surface area contributed by atoms with E-state index in [1.165, 1.54) is 0 Å². The van der Waals surface area contributed by atoms with Gasteiger partial charge in [0.2, 0.25) is 5.91 Å². The molecule has 1 amide bonds. The highest BCUT2D eigenvalue weighted by Crippen LogP contribution is 2.14. The largest absolute Gasteiger partial charge is 0.354 e. The molecule has 3 N–H and O–H groups in total. The molecule has 1 saturated heterocycles. The molecule has 2 rings (SSSR count). The van der Waals surface area contributed by atoms with E-state index in [0.717, 1.165) is 37.6 Å². The van der Waals surface area contributed by atoms with Crippen molar-refractivity contribution >= 4 is 11.7 Å². The lowest BCUT2D eigenvalue weighted by Gasteiger charge is -2.33. The van der Waals surface area contributed by atoms with Gasteiger partial charge < -0.3 is 20.9 Å². The molecule has 0 spiro atoms. The summed E-state index contributed by atoms with van der Waals surface area (Å²) in [5, 5.41) is 2.94. The average Bonchev–Trinajstić information content (AvgIpc) is 2.52. The fourth-order valence-corrected chi connectivity index (χ4v) is 2.37. The van der Waals surface area contributed by atoms with Crippen LogP contribution in [-0.2, 0) is 11.3 Å². The Bertz CT molecular complexity index is 497. The summed E-state index contributed by atoms with van der Waals surface area (Å²) in [6.45, 7) is 8.29. The van der Waals surface area contributed by atoms with E-state index in [0.29, 0.717) is 6.54 Å². The first-order valence-corrected chi connectivity index (χ1v) is 7.89. The molecule has 0 aliphatic carbocycles. The zero-order valence-corrected chi connectivity index (χ0v) is 13.7. The molecular weight excluding hydrogens is 278 g/mol. The van der Waals surface area contributed by atoms with Gasteiger partial charge in [-0.15, -0.1) is 0 Å². The number of carbonyl (C=O) groups is 1. The Morgan fingerprint density at radius 2 is 2.05 bits per heavy atom. The van der Waals surface area contributed by atoms with Crippen LogP contribution in [-0.4, -0.2) is 55.1 Å². The number of carbonyl (C=O) groups excluding carboxylic acids is 1. The molecule has 1 aliphatic heterocycles. The van der Waals surface area contributed by atoms with Gasteiger partial charge in [-0.2, -0.15) is 0 Å². The zero-order chi connectivity index (χ0) is 16.1. The molecule has 0 saturated carbocycles. The summed E-state index contributed by atoms with van der Waals surface area (Å²) in [6, 6.07) is 3.86. The third-order valence-electron chi connectivity index (χ3n) is 4.31. The van der Waals surface area contributed by atoms with Crippen LogP contribution in [0.2, 0.25) is 0 Å². The van der Waals surface area contributed by atoms with Crippen LogP contribution in [0, 0.1) is 5.92 Å². The summed E-state index contributed by atoms with van der Waals surface area (Å²) in [5.74, 6) is 0.798. The Morgan fingerprint density at radius 1 is 1.36 bits per heavy atom. The van der Waals surface area contributed by atoms with Gasteiger partial charge in [-0.3, -0.25) is 4.79 Å². The van der Waals surface area contributed by atoms with E-state index >= 15 is 0 Å². The molecule has 6 heteroatoms. The number of likely N-dealkylation sites (N-methyl/N-ethyl adjacent to an activating group) is 1. The minimum Gasteiger partial charge on any atom is -0.354 e. The molecule has 0 radical (unpaired) electrons. The van der Waals surface area contributed by atoms with Gasteiger partial charge in [0, 0.05) is 50.9 Å². The van der Waals surface area contributed by atoms with Crippen LogP contribution in [0.15, 0.2) is 18.3 Å². The van der Waals surface area contributed by atoms with Gasteiger partial charge in [-0.25, -0.2) is 4.98 Å². The molecule has 2 heterocycles. The Labute approximate surface area is 132 Å². The predicted molar refractivity (Wildman–Crippen MR) is 88.6 cm³/mol. The van der Waals surface area contributed by atoms with E-state index in [-0.39, 0.29) is 17.9 Å². The molecule has 1 aromatic rings. The van der Waals surface area contributed by atoms with E-state index in [1.54, 1.807) is 0 Å². The first kappa shape index (κ1) is 16.7. The van der Waals surface area contributed by atoms with Crippen LogP contribution in [0.1, 0.15) is 19.4 Å². The zero-order valence-electron chi connectivity index (χ0n) is 13.7. The summed E-state index contributed by atoms with van der Waals surface area (Å²) in [4.78, 5) is 21.0. The standard InChI is InChI=1S/C16H27N5O/c1-12(13(2)17)16(22)19-11-14-4-5-18-15(10-14)21-8-6-20(3)7-9-21/h4-5,10,12-13H,6-9,11,17H2,1-3H3,(H,19,22). The van der Waals surface area contributed by atoms with Crippen LogP contribution < -0.4 is 16.0 Å². The Kier molecular flexibility index (Phi) is 5.74. The quantitative estimate of drug-likeness (QED) is 0.825. The fraction of sp³-hybridized carbons (Fsp3) is 0.625. The lowest BCUT2D eigenvalue weighted by molar-refractivity contribution is -0.125. The summed E-state index contributed by atoms with van der Waals surface area (Å²) in [6.07, 6.45) is 1.81. The molecule has 1 fully saturated rings. The number of rotatable bonds is 5. The van der Waals surface area contributed by atoms with Crippen molar-refractivity contribution in [1.29, 1.82) is 0 Å². The van der Waals surface area contributed by atoms with Crippen molar-refractivity contribution in [2.75, 3.05) is 38.1 Å². The highest BCUT2D eigenvalue weighted by molar-refractivity contribution is 5.78. The second-order valence-electron chi connectivity index (χ2n) is 6.18. The molecule has 22 heavy (non-hydrogen) atoms. The van der Waals surface area contributed by atoms with Crippen molar-refractivity contribution in [2.45, 2.75) is 26.4 Å². The number of hydrogen-bond donors (Lipinski definition) is 2. The summed E-state index contributed by atoms with van der Waals surface area (Å²) in [7, 11) is 2.14. The number of nitrogens with two attached hydrogens (primary N) is 1. The number of anilines is 1. The maximum Gasteiger partial charge on any atom is 0.224 e. The number of nitrogens with zero attached hydrogens (tertiary/aromatic N) is 3. The maximum atomic E-state index is 12.0. The highest BCUT2D eigenvalue weighted by Gasteiger charge is 2.17. The van der Waals surface area contributed by atoms with Crippen molar-refractivity contribution < 1.29 is 4.79 Å². The van der Waals surface area contributed by atoms with Crippen molar-refractivity contribution in [1.82, 2.24) is 15.2 Å². The third kappa shape index (κ3) is 4.42. The normalized spacial score (nSPS) is 18.8. The molecule has 6 nitrogen and oxygen atoms in total. The highest BCUT2D eigenvalue weighted by atomic mass is 16.1. The molecule has 2 atom stereocenters. The first-order valence-electron chi connectivity index (χ1n) is 7.89. The molecule has 1 aromatic heterocycles. The van der Waals surface area contributed by atoms with Gasteiger partial charge in [0.25, 0.3) is 0 Å². The number of amides is 1. The Balaban J connectivity index is 1.93. The van der Waals surface area contributed by atoms with E-state index in [4.69, 9.17) is 5.73 Å². The van der Waals surface area contributed by atoms with Crippen LogP contribution >= 0.6 is 0 Å². The van der Waals surface area contributed by atoms with Crippen LogP contribution in [0.25, 0.3) is 0 Å². The van der Waals surface area contributed by atoms with E-state index in [2.05, 4.69) is 33.2 Å². The van der Waals surface area contributed by atoms with Gasteiger partial charge in [0.05, 0.1) is 0 Å². The molecular formula is C16H27N5O. The predicted octanol–water partition coefficient (Wildman–Crippen LogP) is 0.433. The molecule has 0 aromatic carbocycles. The van der Waals surface area contributed by atoms with Gasteiger partial charge >= 0.3 is 0 Å². The first-order chi connectivity index (χ1) is 10.5. The SMILES string of the molecule is CC(N)C(C)C(=O)NCc1ccnc(N2CCN(C)CC2)c1. The molecule has 0 bridgehead atoms. The number of piperazine rings is 1. The smallest absolute Gasteiger partial charge is 0.224 e. The Morgan fingerprint density at radius 3 is 2.68 bits per heavy atom. The maximum absolute atomic E-state index is 12.0. The lowest BCUT2D eigenvalue weighted by atomic mass is 10.0. The second-order valence-corrected chi connectivity index (χ2v) is 6.18. The fourth-order valence-electron chi connectivity index (χ4n) is 2.37. The van der Waals surface area contributed by atoms with E-state index < -0.39 is 0 Å². The van der Waals surface area contributed by atoms with Gasteiger partial charge in [0.15, 0.2) is 0 Å². The van der Waals surface area contributed by atoms with Crippen LogP contribution in [0.4, 0.5) is 5.82 Å². The monoisotopic (exact) mass is 305 g/mol. The average molecular weight is 305 g/mol. The number of aromatic nitrogens is 1. The summed E-state index contributed by atoms with van der Waals surface area (Å²) in [5.41, 5.74) is 6.82. The van der Waals surface area contributed by atoms with Gasteiger partial charge in [0.1, 0.15) is 5.82 Å². The van der Waals surface area contributed by atoms with E-state index in [9.17, 15) is 4.79 Å². The summed E-state index contributed by atoms with van der Waals surface area (Å²) < 4.78 is 0. The number of nitrogens with one attached hydrogen (secondary N) is 1. The minimum absolute atomic E-state index is 0.00652. The van der Waals surface area contributed by atoms with E-state index in [1.807, 2.05) is 26.1 Å². The van der Waals surface area contributed by atoms with Gasteiger partial charge in [-0.05, 0) is 31.7 Å². The van der Waals surface area contributed by atoms with Crippen molar-refractivity contribution in [2.24, 2.45) is 11.7 Å². The molecule has 122 valence electrons. The number of pyridine rings is 1. The Hall–Kier alpha value is -1.66. The van der Waals surface area contributed by atoms with Crippen molar-refractivity contribution in [3.05, 3.63) is 23.9 Å². The second kappa shape index (κ2) is 7.56. The number of hydrogen-bond acceptors (Lipinski definition) is 5.